The second-order valence-electron chi connectivity index (χ2n) is 2.52. The van der Waals surface area contributed by atoms with Crippen molar-refractivity contribution in [3.8, 4) is 0 Å². The summed E-state index contributed by atoms with van der Waals surface area (Å²) in [7, 11) is 0. The van der Waals surface area contributed by atoms with Crippen LogP contribution in [0.5, 0.6) is 0 Å². The maximum Gasteiger partial charge on any atom is 0.317 e. The maximum atomic E-state index is 10.2. The Bertz CT molecular complexity index is 139. The van der Waals surface area contributed by atoms with Gasteiger partial charge < -0.3 is 15.5 Å². The van der Waals surface area contributed by atoms with Crippen molar-refractivity contribution < 1.29 is 15.0 Å². The van der Waals surface area contributed by atoms with Crippen molar-refractivity contribution in [1.29, 1.82) is 0 Å². The van der Waals surface area contributed by atoms with E-state index in [9.17, 15) is 4.79 Å². The normalized spacial score (nSPS) is 15.6. The monoisotopic (exact) mass is 193 g/mol. The molecule has 0 spiro atoms. The summed E-state index contributed by atoms with van der Waals surface area (Å²) in [6.07, 6.45) is 1.89. The summed E-state index contributed by atoms with van der Waals surface area (Å²) in [5.41, 5.74) is 0. The molecule has 0 aliphatic rings. The van der Waals surface area contributed by atoms with Crippen LogP contribution < -0.4 is 5.32 Å². The average Bonchev–Trinajstić information content (AvgIpc) is 2.03. The van der Waals surface area contributed by atoms with E-state index < -0.39 is 5.97 Å². The molecule has 12 heavy (non-hydrogen) atoms. The van der Waals surface area contributed by atoms with Gasteiger partial charge in [-0.25, -0.2) is 0 Å². The number of carboxylic acid groups (broad SMARTS) is 1. The van der Waals surface area contributed by atoms with E-state index in [1.807, 2.05) is 13.2 Å². The van der Waals surface area contributed by atoms with Gasteiger partial charge in [-0.2, -0.15) is 11.8 Å². The average molecular weight is 193 g/mol. The number of carbonyl (C=O) groups is 1. The fourth-order valence-corrected chi connectivity index (χ4v) is 1.47. The molecule has 0 fully saturated rings. The van der Waals surface area contributed by atoms with Crippen molar-refractivity contribution in [2.24, 2.45) is 0 Å². The highest BCUT2D eigenvalue weighted by Gasteiger charge is 2.14. The molecule has 0 aliphatic heterocycles. The zero-order chi connectivity index (χ0) is 9.56. The SMILES string of the molecule is CSC(CO)C(C)NCC(=O)O. The number of nitrogens with one attached hydrogen (secondary N) is 1. The fourth-order valence-electron chi connectivity index (χ4n) is 0.817. The van der Waals surface area contributed by atoms with Crippen LogP contribution in [0, 0.1) is 0 Å². The molecule has 3 N–H and O–H groups in total. The second-order valence-corrected chi connectivity index (χ2v) is 3.60. The molecule has 0 amide bonds. The van der Waals surface area contributed by atoms with E-state index in [1.165, 1.54) is 11.8 Å². The molecule has 72 valence electrons. The van der Waals surface area contributed by atoms with Crippen LogP contribution in [0.4, 0.5) is 0 Å². The number of hydrogen-bond donors (Lipinski definition) is 3. The van der Waals surface area contributed by atoms with Crippen LogP contribution >= 0.6 is 11.8 Å². The summed E-state index contributed by atoms with van der Waals surface area (Å²) < 4.78 is 0. The minimum atomic E-state index is -0.875. The minimum absolute atomic E-state index is 0.0149. The molecule has 5 heteroatoms. The van der Waals surface area contributed by atoms with Gasteiger partial charge in [0.25, 0.3) is 0 Å². The third-order valence-electron chi connectivity index (χ3n) is 1.62. The highest BCUT2D eigenvalue weighted by Crippen LogP contribution is 2.09. The van der Waals surface area contributed by atoms with Crippen LogP contribution in [0.2, 0.25) is 0 Å². The lowest BCUT2D eigenvalue weighted by Crippen LogP contribution is -2.40. The number of aliphatic hydroxyl groups excluding tert-OH is 1. The van der Waals surface area contributed by atoms with Gasteiger partial charge in [0.05, 0.1) is 13.2 Å². The molecule has 0 aromatic carbocycles. The van der Waals surface area contributed by atoms with Gasteiger partial charge in [-0.15, -0.1) is 0 Å². The minimum Gasteiger partial charge on any atom is -0.480 e. The van der Waals surface area contributed by atoms with Crippen molar-refractivity contribution in [2.75, 3.05) is 19.4 Å². The lowest BCUT2D eigenvalue weighted by molar-refractivity contribution is -0.136. The standard InChI is InChI=1S/C7H15NO3S/c1-5(6(4-9)12-2)8-3-7(10)11/h5-6,8-9H,3-4H2,1-2H3,(H,10,11). The highest BCUT2D eigenvalue weighted by molar-refractivity contribution is 7.99. The van der Waals surface area contributed by atoms with Gasteiger partial charge in [-0.1, -0.05) is 0 Å². The topological polar surface area (TPSA) is 69.6 Å². The second kappa shape index (κ2) is 6.28. The third kappa shape index (κ3) is 4.58. The predicted molar refractivity (Wildman–Crippen MR) is 49.5 cm³/mol. The van der Waals surface area contributed by atoms with Gasteiger partial charge >= 0.3 is 5.97 Å². The van der Waals surface area contributed by atoms with Crippen LogP contribution in [-0.2, 0) is 4.79 Å². The number of carboxylic acids is 1. The molecule has 0 rings (SSSR count). The summed E-state index contributed by atoms with van der Waals surface area (Å²) in [5, 5.41) is 20.1. The Balaban J connectivity index is 3.68. The molecule has 0 aromatic rings. The first-order valence-corrected chi connectivity index (χ1v) is 4.99. The Labute approximate surface area is 76.4 Å². The molecular weight excluding hydrogens is 178 g/mol. The molecule has 0 saturated carbocycles. The van der Waals surface area contributed by atoms with Crippen LogP contribution in [-0.4, -0.2) is 46.9 Å². The lowest BCUT2D eigenvalue weighted by atomic mass is 10.2. The number of hydrogen-bond acceptors (Lipinski definition) is 4. The van der Waals surface area contributed by atoms with Crippen molar-refractivity contribution in [3.05, 3.63) is 0 Å². The summed E-state index contributed by atoms with van der Waals surface area (Å²) in [6, 6.07) is 0.0149. The highest BCUT2D eigenvalue weighted by atomic mass is 32.2. The molecular formula is C7H15NO3S. The number of aliphatic carboxylic acids is 1. The third-order valence-corrected chi connectivity index (χ3v) is 2.78. The van der Waals surface area contributed by atoms with Crippen LogP contribution in [0.3, 0.4) is 0 Å². The van der Waals surface area contributed by atoms with Gasteiger partial charge in [0.15, 0.2) is 0 Å². The fraction of sp³-hybridized carbons (Fsp3) is 0.857. The molecule has 4 nitrogen and oxygen atoms in total. The lowest BCUT2D eigenvalue weighted by Gasteiger charge is -2.20. The van der Waals surface area contributed by atoms with E-state index in [-0.39, 0.29) is 24.4 Å². The van der Waals surface area contributed by atoms with Crippen LogP contribution in [0.25, 0.3) is 0 Å². The van der Waals surface area contributed by atoms with E-state index in [0.29, 0.717) is 0 Å². The molecule has 0 aromatic heterocycles. The van der Waals surface area contributed by atoms with Crippen molar-refractivity contribution >= 4 is 17.7 Å². The van der Waals surface area contributed by atoms with Gasteiger partial charge in [0, 0.05) is 11.3 Å². The summed E-state index contributed by atoms with van der Waals surface area (Å²) >= 11 is 1.52. The largest absolute Gasteiger partial charge is 0.480 e. The summed E-state index contributed by atoms with van der Waals surface area (Å²) in [5.74, 6) is -0.875. The Morgan fingerprint density at radius 1 is 1.67 bits per heavy atom. The first-order valence-electron chi connectivity index (χ1n) is 3.70. The zero-order valence-electron chi connectivity index (χ0n) is 7.28. The first kappa shape index (κ1) is 11.7. The van der Waals surface area contributed by atoms with E-state index in [2.05, 4.69) is 5.32 Å². The van der Waals surface area contributed by atoms with E-state index >= 15 is 0 Å². The molecule has 0 radical (unpaired) electrons. The van der Waals surface area contributed by atoms with Crippen molar-refractivity contribution in [1.82, 2.24) is 5.32 Å². The van der Waals surface area contributed by atoms with E-state index in [0.717, 1.165) is 0 Å². The van der Waals surface area contributed by atoms with Gasteiger partial charge in [0.2, 0.25) is 0 Å². The van der Waals surface area contributed by atoms with Gasteiger partial charge in [0.1, 0.15) is 0 Å². The van der Waals surface area contributed by atoms with Crippen molar-refractivity contribution in [3.63, 3.8) is 0 Å². The molecule has 0 bridgehead atoms. The number of aliphatic hydroxyl groups is 1. The first-order chi connectivity index (χ1) is 5.61. The van der Waals surface area contributed by atoms with Gasteiger partial charge in [-0.05, 0) is 13.2 Å². The van der Waals surface area contributed by atoms with Crippen molar-refractivity contribution in [2.45, 2.75) is 18.2 Å². The maximum absolute atomic E-state index is 10.2. The van der Waals surface area contributed by atoms with Crippen LogP contribution in [0.1, 0.15) is 6.92 Å². The van der Waals surface area contributed by atoms with Crippen LogP contribution in [0.15, 0.2) is 0 Å². The quantitative estimate of drug-likeness (QED) is 0.544. The Morgan fingerprint density at radius 3 is 2.58 bits per heavy atom. The van der Waals surface area contributed by atoms with E-state index in [1.54, 1.807) is 0 Å². The number of rotatable bonds is 6. The zero-order valence-corrected chi connectivity index (χ0v) is 8.10. The summed E-state index contributed by atoms with van der Waals surface area (Å²) in [6.45, 7) is 1.87. The molecule has 0 aliphatic carbocycles. The molecule has 2 unspecified atom stereocenters. The summed E-state index contributed by atoms with van der Waals surface area (Å²) in [4.78, 5) is 10.2. The molecule has 0 saturated heterocycles. The predicted octanol–water partition coefficient (Wildman–Crippen LogP) is -0.227. The number of thioether (sulfide) groups is 1. The smallest absolute Gasteiger partial charge is 0.317 e. The van der Waals surface area contributed by atoms with Gasteiger partial charge in [-0.3, -0.25) is 4.79 Å². The molecule has 2 atom stereocenters. The molecule has 0 heterocycles. The Hall–Kier alpha value is -0.260. The van der Waals surface area contributed by atoms with E-state index in [4.69, 9.17) is 10.2 Å². The Morgan fingerprint density at radius 2 is 2.25 bits per heavy atom. The Kier molecular flexibility index (Phi) is 6.14.